The molecule has 0 saturated heterocycles. The van der Waals surface area contributed by atoms with Gasteiger partial charge in [0, 0.05) is 38.4 Å². The molecule has 252 valence electrons. The second-order valence-corrected chi connectivity index (χ2v) is 9.17. The first-order valence-corrected chi connectivity index (χ1v) is 15.4. The largest absolute Gasteiger partial charge is 0.471 e. The number of nitrogens with zero attached hydrogens (tertiary/aromatic N) is 4. The minimum atomic E-state index is -4.83. The molecule has 0 fully saturated rings. The number of nitrogens with two attached hydrogens (primary N) is 2. The summed E-state index contributed by atoms with van der Waals surface area (Å²) < 4.78 is 70.8. The van der Waals surface area contributed by atoms with Crippen molar-refractivity contribution in [3.63, 3.8) is 0 Å². The van der Waals surface area contributed by atoms with Gasteiger partial charge in [0.1, 0.15) is 0 Å². The number of fused-ring (bicyclic) bond motifs is 1. The van der Waals surface area contributed by atoms with E-state index in [1.165, 1.54) is 11.4 Å². The van der Waals surface area contributed by atoms with Crippen molar-refractivity contribution in [3.8, 4) is 0 Å². The van der Waals surface area contributed by atoms with Crippen LogP contribution in [0.2, 0.25) is 0 Å². The lowest BCUT2D eigenvalue weighted by Crippen LogP contribution is -2.40. The van der Waals surface area contributed by atoms with E-state index in [2.05, 4.69) is 57.0 Å². The van der Waals surface area contributed by atoms with Crippen LogP contribution >= 0.6 is 15.9 Å². The third-order valence-electron chi connectivity index (χ3n) is 6.18. The van der Waals surface area contributed by atoms with Gasteiger partial charge in [0.25, 0.3) is 0 Å². The van der Waals surface area contributed by atoms with Gasteiger partial charge in [0.15, 0.2) is 0 Å². The second kappa shape index (κ2) is 20.7. The molecule has 0 saturated carbocycles. The Morgan fingerprint density at radius 2 is 1.57 bits per heavy atom. The number of nitrogens with one attached hydrogen (secondary N) is 2. The van der Waals surface area contributed by atoms with Gasteiger partial charge in [-0.2, -0.15) is 26.3 Å². The van der Waals surface area contributed by atoms with Crippen LogP contribution in [0.5, 0.6) is 0 Å². The van der Waals surface area contributed by atoms with Crippen LogP contribution in [0.15, 0.2) is 30.6 Å². The Kier molecular flexibility index (Phi) is 19.2. The van der Waals surface area contributed by atoms with Crippen LogP contribution in [0, 0.1) is 0 Å². The Labute approximate surface area is 262 Å². The molecule has 2 aromatic rings. The highest BCUT2D eigenvalue weighted by Crippen LogP contribution is 2.34. The van der Waals surface area contributed by atoms with Crippen LogP contribution in [0.4, 0.5) is 49.4 Å². The first-order valence-electron chi connectivity index (χ1n) is 13.8. The molecule has 1 amide bonds. The first-order chi connectivity index (χ1) is 20.7. The first kappa shape index (κ1) is 40.8. The number of aldehydes is 1. The number of anilines is 4. The Morgan fingerprint density at radius 1 is 1.00 bits per heavy atom. The summed E-state index contributed by atoms with van der Waals surface area (Å²) in [5, 5.41) is 4.86. The molecule has 6 N–H and O–H groups in total. The minimum Gasteiger partial charge on any atom is -0.399 e. The van der Waals surface area contributed by atoms with Crippen LogP contribution in [0.3, 0.4) is 0 Å². The molecule has 1 aliphatic rings. The summed E-state index contributed by atoms with van der Waals surface area (Å²) in [6, 6.07) is 6.21. The van der Waals surface area contributed by atoms with Crippen LogP contribution < -0.4 is 36.5 Å². The monoisotopic (exact) mass is 705 g/mol. The normalized spacial score (nSPS) is 12.4. The molecule has 17 heteroatoms. The average molecular weight is 707 g/mol. The predicted molar refractivity (Wildman–Crippen MR) is 165 cm³/mol. The number of aryl methyl sites for hydroxylation is 2. The maximum absolute atomic E-state index is 12.0. The van der Waals surface area contributed by atoms with Gasteiger partial charge in [-0.1, -0.05) is 15.9 Å². The summed E-state index contributed by atoms with van der Waals surface area (Å²) in [5.74, 6) is 0.450. The van der Waals surface area contributed by atoms with Gasteiger partial charge in [-0.05, 0) is 64.3 Å². The number of benzene rings is 1. The quantitative estimate of drug-likeness (QED) is 0.0742. The Morgan fingerprint density at radius 3 is 2.07 bits per heavy atom. The van der Waals surface area contributed by atoms with Gasteiger partial charge < -0.3 is 26.2 Å². The molecule has 1 aromatic carbocycles. The van der Waals surface area contributed by atoms with Crippen molar-refractivity contribution in [3.05, 3.63) is 30.6 Å². The molecule has 0 aliphatic carbocycles. The van der Waals surface area contributed by atoms with Gasteiger partial charge in [-0.3, -0.25) is 15.3 Å². The summed E-state index contributed by atoms with van der Waals surface area (Å²) in [6.45, 7) is 10.8. The molecule has 0 radical (unpaired) electrons. The molecular weight excluding hydrogens is 662 g/mol. The molecule has 0 spiro atoms. The second-order valence-electron chi connectivity index (χ2n) is 9.17. The van der Waals surface area contributed by atoms with Crippen molar-refractivity contribution in [2.75, 3.05) is 73.4 Å². The number of likely N-dealkylation sites (N-methyl/N-ethyl adjacent to an activating group) is 2. The maximum atomic E-state index is 12.0. The molecule has 44 heavy (non-hydrogen) atoms. The summed E-state index contributed by atoms with van der Waals surface area (Å²) in [7, 11) is 1.87. The molecule has 1 aliphatic heterocycles. The molecule has 0 bridgehead atoms. The van der Waals surface area contributed by atoms with E-state index in [-0.39, 0.29) is 6.54 Å². The standard InChI is InChI=1S/C12H20F3N5O.C12H19N3.C2HF3O.CH3Br/c1-17-4-2-6-19-8-9-20(11(19)16)7-3-5-18-10(21)12(13,14)15;1-3-14-7-8-15(4-2)12-9-10(13)5-6-11(12)14;3-2(4,5)1-6;1-2/h8-9,16-17H,2-7H2,1H3,(H,18,21);5-6,9H,3-4,7-8,13H2,1-2H3;1H;1H3/p+1. The van der Waals surface area contributed by atoms with Gasteiger partial charge in [-0.25, -0.2) is 9.13 Å². The zero-order chi connectivity index (χ0) is 33.9. The number of halogens is 7. The Balaban J connectivity index is 0.000000697. The Bertz CT molecular complexity index is 1120. The molecular formula is C27H44BrF6N8O2+. The van der Waals surface area contributed by atoms with E-state index in [1.54, 1.807) is 10.8 Å². The number of amides is 1. The fourth-order valence-electron chi connectivity index (χ4n) is 4.03. The van der Waals surface area contributed by atoms with E-state index in [9.17, 15) is 31.1 Å². The number of carbonyl (C=O) groups excluding carboxylic acids is 2. The topological polar surface area (TPSA) is 126 Å². The van der Waals surface area contributed by atoms with E-state index in [0.29, 0.717) is 18.9 Å². The molecule has 2 heterocycles. The lowest BCUT2D eigenvalue weighted by Gasteiger charge is -2.38. The summed E-state index contributed by atoms with van der Waals surface area (Å²) >= 11 is 2.94. The number of alkyl halides is 7. The zero-order valence-corrected chi connectivity index (χ0v) is 27.0. The van der Waals surface area contributed by atoms with Crippen LogP contribution in [0.1, 0.15) is 26.7 Å². The molecule has 1 aromatic heterocycles. The van der Waals surface area contributed by atoms with Crippen LogP contribution in [-0.2, 0) is 22.7 Å². The predicted octanol–water partition coefficient (Wildman–Crippen LogP) is 3.73. The number of aromatic nitrogens is 2. The summed E-state index contributed by atoms with van der Waals surface area (Å²) in [4.78, 5) is 24.1. The van der Waals surface area contributed by atoms with E-state index < -0.39 is 24.5 Å². The number of nitrogen functional groups attached to an aromatic ring is 2. The smallest absolute Gasteiger partial charge is 0.399 e. The van der Waals surface area contributed by atoms with Gasteiger partial charge >= 0.3 is 24.2 Å². The van der Waals surface area contributed by atoms with E-state index in [0.717, 1.165) is 51.4 Å². The van der Waals surface area contributed by atoms with Gasteiger partial charge in [-0.15, -0.1) is 0 Å². The van der Waals surface area contributed by atoms with Crippen LogP contribution in [-0.4, -0.2) is 81.3 Å². The third kappa shape index (κ3) is 15.0. The van der Waals surface area contributed by atoms with Crippen molar-refractivity contribution in [1.82, 2.24) is 15.2 Å². The van der Waals surface area contributed by atoms with Crippen molar-refractivity contribution in [2.45, 2.75) is 52.1 Å². The number of hydrogen-bond acceptors (Lipinski definition) is 7. The molecule has 3 rings (SSSR count). The van der Waals surface area contributed by atoms with E-state index in [4.69, 9.17) is 16.3 Å². The van der Waals surface area contributed by atoms with Crippen LogP contribution in [0.25, 0.3) is 0 Å². The summed E-state index contributed by atoms with van der Waals surface area (Å²) in [5.41, 5.74) is 15.2. The SMILES string of the molecule is CBr.CCN1CCN(CC)c2cc(N)ccc21.CNCCCn1cc[n+](CCCNC(=O)C(F)(F)F)c1N.O=CC(F)(F)F. The molecule has 0 unspecified atom stereocenters. The highest BCUT2D eigenvalue weighted by molar-refractivity contribution is 9.08. The fraction of sp³-hybridized carbons (Fsp3) is 0.593. The van der Waals surface area contributed by atoms with E-state index in [1.807, 2.05) is 35.0 Å². The van der Waals surface area contributed by atoms with Crippen molar-refractivity contribution < 1.29 is 40.5 Å². The maximum Gasteiger partial charge on any atom is 0.471 e. The highest BCUT2D eigenvalue weighted by atomic mass is 79.9. The average Bonchev–Trinajstić information content (AvgIpc) is 3.34. The molecule has 0 atom stereocenters. The number of imidazole rings is 1. The Hall–Kier alpha value is -3.21. The number of carbonyl (C=O) groups is 2. The number of rotatable bonds is 10. The molecule has 10 nitrogen and oxygen atoms in total. The zero-order valence-electron chi connectivity index (χ0n) is 25.4. The summed E-state index contributed by atoms with van der Waals surface area (Å²) in [6.07, 6.45) is -5.62. The number of hydrogen-bond donors (Lipinski definition) is 4. The van der Waals surface area contributed by atoms with E-state index >= 15 is 0 Å². The third-order valence-corrected chi connectivity index (χ3v) is 6.18. The van der Waals surface area contributed by atoms with Crippen molar-refractivity contribution in [1.29, 1.82) is 0 Å². The fourth-order valence-corrected chi connectivity index (χ4v) is 4.03. The van der Waals surface area contributed by atoms with Gasteiger partial charge in [0.05, 0.1) is 36.9 Å². The lowest BCUT2D eigenvalue weighted by molar-refractivity contribution is -0.682. The van der Waals surface area contributed by atoms with Gasteiger partial charge in [0.2, 0.25) is 6.29 Å². The highest BCUT2D eigenvalue weighted by Gasteiger charge is 2.38. The van der Waals surface area contributed by atoms with Crippen molar-refractivity contribution in [2.24, 2.45) is 0 Å². The van der Waals surface area contributed by atoms with Crippen molar-refractivity contribution >= 4 is 51.1 Å². The lowest BCUT2D eigenvalue weighted by atomic mass is 10.1. The minimum absolute atomic E-state index is 0.0459.